The molecular formula is C14H16NO4S-. The quantitative estimate of drug-likeness (QED) is 0.821. The zero-order chi connectivity index (χ0) is 14.7. The van der Waals surface area contributed by atoms with Crippen LogP contribution in [0.4, 0.5) is 0 Å². The van der Waals surface area contributed by atoms with E-state index in [2.05, 4.69) is 0 Å². The molecule has 1 fully saturated rings. The van der Waals surface area contributed by atoms with Gasteiger partial charge in [0.2, 0.25) is 5.91 Å². The molecule has 20 heavy (non-hydrogen) atoms. The summed E-state index contributed by atoms with van der Waals surface area (Å²) in [4.78, 5) is 24.2. The second-order valence-corrected chi connectivity index (χ2v) is 5.56. The molecule has 1 saturated heterocycles. The van der Waals surface area contributed by atoms with Crippen molar-refractivity contribution in [2.24, 2.45) is 0 Å². The maximum absolute atomic E-state index is 11.7. The van der Waals surface area contributed by atoms with Gasteiger partial charge < -0.3 is 19.5 Å². The van der Waals surface area contributed by atoms with E-state index in [1.165, 1.54) is 23.6 Å². The summed E-state index contributed by atoms with van der Waals surface area (Å²) in [5.74, 6) is -0.367. The molecule has 5 nitrogen and oxygen atoms in total. The minimum atomic E-state index is -1.21. The van der Waals surface area contributed by atoms with E-state index < -0.39 is 12.0 Å². The number of hydrogen-bond acceptors (Lipinski definition) is 5. The van der Waals surface area contributed by atoms with Crippen molar-refractivity contribution in [2.45, 2.75) is 25.3 Å². The van der Waals surface area contributed by atoms with Crippen LogP contribution in [0.3, 0.4) is 0 Å². The maximum Gasteiger partial charge on any atom is 0.221 e. The fraction of sp³-hybridized carbons (Fsp3) is 0.429. The smallest absolute Gasteiger partial charge is 0.221 e. The first-order valence-electron chi connectivity index (χ1n) is 6.38. The van der Waals surface area contributed by atoms with Crippen LogP contribution < -0.4 is 9.84 Å². The van der Waals surface area contributed by atoms with E-state index in [9.17, 15) is 14.7 Å². The van der Waals surface area contributed by atoms with Gasteiger partial charge in [-0.2, -0.15) is 0 Å². The third-order valence-electron chi connectivity index (χ3n) is 3.11. The van der Waals surface area contributed by atoms with E-state index in [0.717, 1.165) is 11.3 Å². The Hall–Kier alpha value is -1.69. The fourth-order valence-electron chi connectivity index (χ4n) is 2.22. The Balaban J connectivity index is 2.22. The van der Waals surface area contributed by atoms with Crippen LogP contribution in [-0.2, 0) is 9.59 Å². The van der Waals surface area contributed by atoms with Crippen molar-refractivity contribution in [1.82, 2.24) is 4.90 Å². The first kappa shape index (κ1) is 14.7. The number of carbonyl (C=O) groups is 2. The molecule has 0 radical (unpaired) electrons. The molecular weight excluding hydrogens is 278 g/mol. The lowest BCUT2D eigenvalue weighted by atomic mass is 10.1. The van der Waals surface area contributed by atoms with Gasteiger partial charge >= 0.3 is 0 Å². The maximum atomic E-state index is 11.7. The number of aliphatic carboxylic acids is 1. The Kier molecular flexibility index (Phi) is 4.54. The lowest BCUT2D eigenvalue weighted by Crippen LogP contribution is -2.48. The van der Waals surface area contributed by atoms with Gasteiger partial charge in [-0.25, -0.2) is 0 Å². The first-order valence-corrected chi connectivity index (χ1v) is 7.43. The summed E-state index contributed by atoms with van der Waals surface area (Å²) in [5.41, 5.74) is 0.886. The standard InChI is InChI=1S/C14H17NO4S/c1-3-19-11-6-4-10(5-7-11)13-15(9(2)16)12(8-20-13)14(17)18/h4-7,12-13H,3,8H2,1-2H3,(H,17,18)/p-1/t12-,13+/m1/s1. The van der Waals surface area contributed by atoms with E-state index in [1.807, 2.05) is 31.2 Å². The summed E-state index contributed by atoms with van der Waals surface area (Å²) in [5, 5.41) is 10.8. The van der Waals surface area contributed by atoms with Crippen LogP contribution in [0.5, 0.6) is 5.75 Å². The van der Waals surface area contributed by atoms with Gasteiger partial charge in [-0.1, -0.05) is 12.1 Å². The molecule has 0 unspecified atom stereocenters. The highest BCUT2D eigenvalue weighted by Gasteiger charge is 2.37. The van der Waals surface area contributed by atoms with Crippen molar-refractivity contribution in [1.29, 1.82) is 0 Å². The molecule has 1 amide bonds. The van der Waals surface area contributed by atoms with Gasteiger partial charge in [0.15, 0.2) is 0 Å². The van der Waals surface area contributed by atoms with Crippen molar-refractivity contribution < 1.29 is 19.4 Å². The molecule has 1 aliphatic heterocycles. The first-order chi connectivity index (χ1) is 9.54. The Labute approximate surface area is 121 Å². The second-order valence-electron chi connectivity index (χ2n) is 4.45. The van der Waals surface area contributed by atoms with E-state index >= 15 is 0 Å². The molecule has 6 heteroatoms. The number of ether oxygens (including phenoxy) is 1. The third-order valence-corrected chi connectivity index (χ3v) is 4.44. The number of amides is 1. The van der Waals surface area contributed by atoms with Crippen LogP contribution in [-0.4, -0.2) is 35.2 Å². The van der Waals surface area contributed by atoms with E-state index in [-0.39, 0.29) is 11.3 Å². The number of carbonyl (C=O) groups excluding carboxylic acids is 2. The van der Waals surface area contributed by atoms with Gasteiger partial charge in [0.1, 0.15) is 11.1 Å². The summed E-state index contributed by atoms with van der Waals surface area (Å²) in [7, 11) is 0. The number of hydrogen-bond donors (Lipinski definition) is 0. The van der Waals surface area contributed by atoms with Crippen LogP contribution in [0.1, 0.15) is 24.8 Å². The van der Waals surface area contributed by atoms with Crippen molar-refractivity contribution in [3.63, 3.8) is 0 Å². The Morgan fingerprint density at radius 3 is 2.55 bits per heavy atom. The lowest BCUT2D eigenvalue weighted by molar-refractivity contribution is -0.310. The minimum absolute atomic E-state index is 0.261. The Morgan fingerprint density at radius 1 is 1.40 bits per heavy atom. The fourth-order valence-corrected chi connectivity index (χ4v) is 3.69. The molecule has 1 aliphatic rings. The average molecular weight is 294 g/mol. The van der Waals surface area contributed by atoms with Gasteiger partial charge in [-0.15, -0.1) is 11.8 Å². The van der Waals surface area contributed by atoms with Gasteiger partial charge in [0.25, 0.3) is 0 Å². The molecule has 0 aliphatic carbocycles. The predicted molar refractivity (Wildman–Crippen MR) is 74.1 cm³/mol. The number of benzene rings is 1. The summed E-state index contributed by atoms with van der Waals surface area (Å²) in [6.45, 7) is 3.87. The Morgan fingerprint density at radius 2 is 2.05 bits per heavy atom. The highest BCUT2D eigenvalue weighted by molar-refractivity contribution is 7.99. The van der Waals surface area contributed by atoms with Gasteiger partial charge in [0.05, 0.1) is 18.6 Å². The van der Waals surface area contributed by atoms with Crippen molar-refractivity contribution in [2.75, 3.05) is 12.4 Å². The molecule has 0 N–H and O–H groups in total. The topological polar surface area (TPSA) is 69.7 Å². The van der Waals surface area contributed by atoms with Gasteiger partial charge in [-0.3, -0.25) is 4.79 Å². The summed E-state index contributed by atoms with van der Waals surface area (Å²) < 4.78 is 5.37. The van der Waals surface area contributed by atoms with E-state index in [1.54, 1.807) is 0 Å². The average Bonchev–Trinajstić information content (AvgIpc) is 2.85. The number of nitrogens with zero attached hydrogens (tertiary/aromatic N) is 1. The molecule has 2 rings (SSSR count). The highest BCUT2D eigenvalue weighted by atomic mass is 32.2. The van der Waals surface area contributed by atoms with E-state index in [0.29, 0.717) is 12.4 Å². The summed E-state index contributed by atoms with van der Waals surface area (Å²) >= 11 is 1.43. The second kappa shape index (κ2) is 6.17. The van der Waals surface area contributed by atoms with Gasteiger partial charge in [0, 0.05) is 12.7 Å². The van der Waals surface area contributed by atoms with Crippen molar-refractivity contribution in [3.8, 4) is 5.75 Å². The molecule has 0 saturated carbocycles. The molecule has 108 valence electrons. The van der Waals surface area contributed by atoms with Gasteiger partial charge in [-0.05, 0) is 24.6 Å². The molecule has 1 aromatic rings. The SMILES string of the molecule is CCOc1ccc([C@@H]2SC[C@H](C(=O)[O-])N2C(C)=O)cc1. The molecule has 0 aromatic heterocycles. The molecule has 0 spiro atoms. The van der Waals surface area contributed by atoms with Crippen LogP contribution in [0.15, 0.2) is 24.3 Å². The molecule has 0 bridgehead atoms. The highest BCUT2D eigenvalue weighted by Crippen LogP contribution is 2.41. The van der Waals surface area contributed by atoms with Crippen LogP contribution in [0, 0.1) is 0 Å². The van der Waals surface area contributed by atoms with Crippen LogP contribution >= 0.6 is 11.8 Å². The number of thioether (sulfide) groups is 1. The molecule has 1 heterocycles. The molecule has 1 aromatic carbocycles. The summed E-state index contributed by atoms with van der Waals surface area (Å²) in [6, 6.07) is 6.50. The zero-order valence-electron chi connectivity index (χ0n) is 11.4. The third kappa shape index (κ3) is 2.90. The number of carboxylic acids is 1. The van der Waals surface area contributed by atoms with Crippen molar-refractivity contribution in [3.05, 3.63) is 29.8 Å². The summed E-state index contributed by atoms with van der Waals surface area (Å²) in [6.07, 6.45) is 0. The van der Waals surface area contributed by atoms with Crippen LogP contribution in [0.25, 0.3) is 0 Å². The minimum Gasteiger partial charge on any atom is -0.548 e. The number of rotatable bonds is 4. The predicted octanol–water partition coefficient (Wildman–Crippen LogP) is 0.798. The lowest BCUT2D eigenvalue weighted by Gasteiger charge is -2.29. The molecule has 2 atom stereocenters. The normalized spacial score (nSPS) is 21.8. The Bertz CT molecular complexity index is 502. The largest absolute Gasteiger partial charge is 0.548 e. The number of carboxylic acid groups (broad SMARTS) is 1. The zero-order valence-corrected chi connectivity index (χ0v) is 12.2. The van der Waals surface area contributed by atoms with Crippen LogP contribution in [0.2, 0.25) is 0 Å². The van der Waals surface area contributed by atoms with E-state index in [4.69, 9.17) is 4.74 Å². The monoisotopic (exact) mass is 294 g/mol. The van der Waals surface area contributed by atoms with Crippen molar-refractivity contribution >= 4 is 23.6 Å².